The van der Waals surface area contributed by atoms with Crippen LogP contribution in [0.3, 0.4) is 0 Å². The van der Waals surface area contributed by atoms with Gasteiger partial charge in [0.15, 0.2) is 0 Å². The average Bonchev–Trinajstić information content (AvgIpc) is 2.07. The van der Waals surface area contributed by atoms with Gasteiger partial charge < -0.3 is 0 Å². The summed E-state index contributed by atoms with van der Waals surface area (Å²) in [6, 6.07) is 0. The van der Waals surface area contributed by atoms with Gasteiger partial charge in [-0.1, -0.05) is 27.7 Å². The van der Waals surface area contributed by atoms with Crippen LogP contribution in [-0.4, -0.2) is 37.2 Å². The SMILES string of the molecule is CC.CCCN(C)N(C)CC. The number of hydrazine groups is 1. The number of hydrogen-bond acceptors (Lipinski definition) is 2. The van der Waals surface area contributed by atoms with E-state index in [4.69, 9.17) is 0 Å². The Balaban J connectivity index is 0. The first kappa shape index (κ1) is 13.5. The molecule has 0 aliphatic heterocycles. The summed E-state index contributed by atoms with van der Waals surface area (Å²) in [5.41, 5.74) is 0. The first-order valence-corrected chi connectivity index (χ1v) is 4.64. The molecule has 0 unspecified atom stereocenters. The summed E-state index contributed by atoms with van der Waals surface area (Å²) in [7, 11) is 4.22. The molecule has 0 saturated heterocycles. The minimum absolute atomic E-state index is 1.09. The third-order valence-electron chi connectivity index (χ3n) is 1.59. The van der Waals surface area contributed by atoms with Crippen LogP contribution in [0.25, 0.3) is 0 Å². The highest BCUT2D eigenvalue weighted by Gasteiger charge is 1.98. The van der Waals surface area contributed by atoms with Crippen molar-refractivity contribution in [1.29, 1.82) is 0 Å². The van der Waals surface area contributed by atoms with E-state index >= 15 is 0 Å². The molecule has 0 radical (unpaired) electrons. The Bertz CT molecular complexity index is 64.6. The Hall–Kier alpha value is -0.0800. The summed E-state index contributed by atoms with van der Waals surface area (Å²) >= 11 is 0. The topological polar surface area (TPSA) is 6.48 Å². The maximum Gasteiger partial charge on any atom is 0.0127 e. The molecule has 2 nitrogen and oxygen atoms in total. The van der Waals surface area contributed by atoms with E-state index < -0.39 is 0 Å². The summed E-state index contributed by atoms with van der Waals surface area (Å²) in [6.07, 6.45) is 1.22. The summed E-state index contributed by atoms with van der Waals surface area (Å²) in [5.74, 6) is 0. The Morgan fingerprint density at radius 3 is 1.64 bits per heavy atom. The van der Waals surface area contributed by atoms with Crippen LogP contribution in [0.1, 0.15) is 34.1 Å². The van der Waals surface area contributed by atoms with E-state index in [1.54, 1.807) is 0 Å². The van der Waals surface area contributed by atoms with E-state index in [0.29, 0.717) is 0 Å². The van der Waals surface area contributed by atoms with Gasteiger partial charge >= 0.3 is 0 Å². The van der Waals surface area contributed by atoms with E-state index in [2.05, 4.69) is 38.0 Å². The molecule has 0 aliphatic rings. The van der Waals surface area contributed by atoms with E-state index in [1.807, 2.05) is 13.8 Å². The van der Waals surface area contributed by atoms with E-state index in [0.717, 1.165) is 13.1 Å². The molecule has 2 heteroatoms. The molecule has 0 heterocycles. The Labute approximate surface area is 72.2 Å². The Morgan fingerprint density at radius 2 is 1.36 bits per heavy atom. The Morgan fingerprint density at radius 1 is 0.909 bits per heavy atom. The molecule has 0 bridgehead atoms. The second-order valence-electron chi connectivity index (χ2n) is 2.36. The molecular weight excluding hydrogens is 136 g/mol. The normalized spacial score (nSPS) is 9.82. The molecule has 0 amide bonds. The largest absolute Gasteiger partial charge is 0.245 e. The molecule has 0 saturated carbocycles. The van der Waals surface area contributed by atoms with Gasteiger partial charge in [-0.2, -0.15) is 0 Å². The third kappa shape index (κ3) is 7.82. The molecule has 0 fully saturated rings. The lowest BCUT2D eigenvalue weighted by Crippen LogP contribution is -2.36. The van der Waals surface area contributed by atoms with E-state index in [9.17, 15) is 0 Å². The molecule has 0 spiro atoms. The fourth-order valence-corrected chi connectivity index (χ4v) is 0.736. The smallest absolute Gasteiger partial charge is 0.0127 e. The van der Waals surface area contributed by atoms with Gasteiger partial charge in [-0.25, -0.2) is 10.0 Å². The van der Waals surface area contributed by atoms with Crippen molar-refractivity contribution in [3.63, 3.8) is 0 Å². The summed E-state index contributed by atoms with van der Waals surface area (Å²) in [4.78, 5) is 0. The molecule has 0 aromatic heterocycles. The van der Waals surface area contributed by atoms with Crippen molar-refractivity contribution in [3.8, 4) is 0 Å². The summed E-state index contributed by atoms with van der Waals surface area (Å²) in [5, 5.41) is 4.45. The molecule has 0 aliphatic carbocycles. The predicted molar refractivity (Wildman–Crippen MR) is 52.6 cm³/mol. The van der Waals surface area contributed by atoms with Crippen LogP contribution >= 0.6 is 0 Å². The van der Waals surface area contributed by atoms with Gasteiger partial charge in [-0.15, -0.1) is 0 Å². The van der Waals surface area contributed by atoms with E-state index in [1.165, 1.54) is 6.42 Å². The highest BCUT2D eigenvalue weighted by Crippen LogP contribution is 1.90. The van der Waals surface area contributed by atoms with Gasteiger partial charge in [-0.3, -0.25) is 0 Å². The van der Waals surface area contributed by atoms with Crippen molar-refractivity contribution in [1.82, 2.24) is 10.0 Å². The van der Waals surface area contributed by atoms with Crippen LogP contribution in [0.4, 0.5) is 0 Å². The molecular formula is C9H24N2. The Kier molecular flexibility index (Phi) is 12.2. The molecule has 70 valence electrons. The predicted octanol–water partition coefficient (Wildman–Crippen LogP) is 2.22. The lowest BCUT2D eigenvalue weighted by atomic mass is 10.5. The molecule has 0 aromatic rings. The first-order valence-electron chi connectivity index (χ1n) is 4.64. The quantitative estimate of drug-likeness (QED) is 0.582. The van der Waals surface area contributed by atoms with Gasteiger partial charge in [0.1, 0.15) is 0 Å². The first-order chi connectivity index (χ1) is 5.22. The number of nitrogens with zero attached hydrogens (tertiary/aromatic N) is 2. The minimum Gasteiger partial charge on any atom is -0.245 e. The maximum absolute atomic E-state index is 2.24. The molecule has 11 heavy (non-hydrogen) atoms. The van der Waals surface area contributed by atoms with Crippen molar-refractivity contribution in [2.45, 2.75) is 34.1 Å². The zero-order valence-electron chi connectivity index (χ0n) is 9.02. The van der Waals surface area contributed by atoms with Crippen LogP contribution in [-0.2, 0) is 0 Å². The minimum atomic E-state index is 1.09. The fraction of sp³-hybridized carbons (Fsp3) is 1.00. The standard InChI is InChI=1S/C7H18N2.C2H6/c1-5-7-9(4)8(3)6-2;1-2/h5-7H2,1-4H3;1-2H3. The second-order valence-corrected chi connectivity index (χ2v) is 2.36. The highest BCUT2D eigenvalue weighted by molar-refractivity contribution is 4.42. The molecule has 0 rings (SSSR count). The zero-order chi connectivity index (χ0) is 9.28. The van der Waals surface area contributed by atoms with Crippen LogP contribution in [0.5, 0.6) is 0 Å². The van der Waals surface area contributed by atoms with Crippen molar-refractivity contribution < 1.29 is 0 Å². The van der Waals surface area contributed by atoms with Crippen LogP contribution in [0, 0.1) is 0 Å². The number of hydrogen-bond donors (Lipinski definition) is 0. The van der Waals surface area contributed by atoms with Crippen LogP contribution in [0.15, 0.2) is 0 Å². The van der Waals surface area contributed by atoms with Crippen LogP contribution in [0.2, 0.25) is 0 Å². The molecule has 0 aromatic carbocycles. The maximum atomic E-state index is 2.24. The lowest BCUT2D eigenvalue weighted by Gasteiger charge is -2.26. The monoisotopic (exact) mass is 160 g/mol. The van der Waals surface area contributed by atoms with Gasteiger partial charge in [0.05, 0.1) is 0 Å². The van der Waals surface area contributed by atoms with Gasteiger partial charge in [-0.05, 0) is 6.42 Å². The van der Waals surface area contributed by atoms with Crippen LogP contribution < -0.4 is 0 Å². The van der Waals surface area contributed by atoms with Gasteiger partial charge in [0.25, 0.3) is 0 Å². The second kappa shape index (κ2) is 9.92. The van der Waals surface area contributed by atoms with Crippen molar-refractivity contribution in [2.24, 2.45) is 0 Å². The highest BCUT2D eigenvalue weighted by atomic mass is 15.6. The van der Waals surface area contributed by atoms with Crippen molar-refractivity contribution >= 4 is 0 Å². The number of rotatable bonds is 4. The average molecular weight is 160 g/mol. The van der Waals surface area contributed by atoms with Gasteiger partial charge in [0.2, 0.25) is 0 Å². The summed E-state index contributed by atoms with van der Waals surface area (Å²) in [6.45, 7) is 10.6. The van der Waals surface area contributed by atoms with Gasteiger partial charge in [0, 0.05) is 27.2 Å². The fourth-order valence-electron chi connectivity index (χ4n) is 0.736. The van der Waals surface area contributed by atoms with E-state index in [-0.39, 0.29) is 0 Å². The van der Waals surface area contributed by atoms with Crippen molar-refractivity contribution in [3.05, 3.63) is 0 Å². The lowest BCUT2D eigenvalue weighted by molar-refractivity contribution is 0.0331. The molecule has 0 N–H and O–H groups in total. The third-order valence-corrected chi connectivity index (χ3v) is 1.59. The summed E-state index contributed by atoms with van der Waals surface area (Å²) < 4.78 is 0. The zero-order valence-corrected chi connectivity index (χ0v) is 9.02. The van der Waals surface area contributed by atoms with Crippen molar-refractivity contribution in [2.75, 3.05) is 27.2 Å². The molecule has 0 atom stereocenters.